The van der Waals surface area contributed by atoms with Gasteiger partial charge in [0, 0.05) is 12.2 Å². The van der Waals surface area contributed by atoms with Gasteiger partial charge in [0.05, 0.1) is 12.2 Å². The largest absolute Gasteiger partial charge is 0.478 e. The third kappa shape index (κ3) is 3.01. The second-order valence-electron chi connectivity index (χ2n) is 4.16. The predicted molar refractivity (Wildman–Crippen MR) is 73.8 cm³/mol. The highest BCUT2D eigenvalue weighted by Crippen LogP contribution is 2.33. The summed E-state index contributed by atoms with van der Waals surface area (Å²) in [7, 11) is 0. The zero-order valence-corrected chi connectivity index (χ0v) is 11.4. The van der Waals surface area contributed by atoms with Gasteiger partial charge in [0.2, 0.25) is 12.0 Å². The molecule has 0 radical (unpaired) electrons. The second-order valence-corrected chi connectivity index (χ2v) is 5.15. The Balaban J connectivity index is 2.26. The molecule has 1 aliphatic heterocycles. The summed E-state index contributed by atoms with van der Waals surface area (Å²) >= 11 is 1.59. The van der Waals surface area contributed by atoms with Gasteiger partial charge in [-0.2, -0.15) is 11.8 Å². The summed E-state index contributed by atoms with van der Waals surface area (Å²) in [5.74, 6) is 0.0305. The lowest BCUT2D eigenvalue weighted by Gasteiger charge is -2.33. The topological polar surface area (TPSA) is 66.8 Å². The zero-order chi connectivity index (χ0) is 13.8. The number of nitrogens with zero attached hydrogens (tertiary/aromatic N) is 1. The zero-order valence-electron chi connectivity index (χ0n) is 10.5. The number of hydrogen-bond donors (Lipinski definition) is 1. The molecule has 0 saturated carbocycles. The third-order valence-corrected chi connectivity index (χ3v) is 3.48. The smallest absolute Gasteiger partial charge is 0.346 e. The SMILES string of the molecule is CSCCC(=O)N1CC(C(=O)O)Oc2ccccc21. The minimum absolute atomic E-state index is 0.0551. The molecule has 1 aromatic carbocycles. The van der Waals surface area contributed by atoms with E-state index >= 15 is 0 Å². The summed E-state index contributed by atoms with van der Waals surface area (Å²) in [4.78, 5) is 24.7. The van der Waals surface area contributed by atoms with Gasteiger partial charge in [0.15, 0.2) is 0 Å². The van der Waals surface area contributed by atoms with E-state index < -0.39 is 12.1 Å². The van der Waals surface area contributed by atoms with Crippen LogP contribution in [-0.4, -0.2) is 41.6 Å². The number of carboxylic acids is 1. The Morgan fingerprint density at radius 3 is 2.89 bits per heavy atom. The maximum Gasteiger partial charge on any atom is 0.346 e. The van der Waals surface area contributed by atoms with Crippen LogP contribution in [0, 0.1) is 0 Å². The molecule has 1 unspecified atom stereocenters. The number of fused-ring (bicyclic) bond motifs is 1. The van der Waals surface area contributed by atoms with Crippen LogP contribution < -0.4 is 9.64 Å². The summed E-state index contributed by atoms with van der Waals surface area (Å²) in [6, 6.07) is 7.01. The van der Waals surface area contributed by atoms with E-state index in [1.807, 2.05) is 6.26 Å². The van der Waals surface area contributed by atoms with E-state index in [-0.39, 0.29) is 12.5 Å². The monoisotopic (exact) mass is 281 g/mol. The third-order valence-electron chi connectivity index (χ3n) is 2.87. The molecule has 0 spiro atoms. The Morgan fingerprint density at radius 1 is 1.47 bits per heavy atom. The lowest BCUT2D eigenvalue weighted by Crippen LogP contribution is -2.47. The van der Waals surface area contributed by atoms with Crippen LogP contribution in [0.4, 0.5) is 5.69 Å². The number of carbonyl (C=O) groups excluding carboxylic acids is 1. The standard InChI is InChI=1S/C13H15NO4S/c1-19-7-6-12(15)14-8-11(13(16)17)18-10-5-3-2-4-9(10)14/h2-5,11H,6-8H2,1H3,(H,16,17). The molecule has 0 aromatic heterocycles. The van der Waals surface area contributed by atoms with Crippen molar-refractivity contribution in [1.82, 2.24) is 0 Å². The fourth-order valence-corrected chi connectivity index (χ4v) is 2.30. The molecule has 5 nitrogen and oxygen atoms in total. The van der Waals surface area contributed by atoms with Crippen molar-refractivity contribution in [2.45, 2.75) is 12.5 Å². The molecule has 1 aliphatic rings. The number of rotatable bonds is 4. The number of carbonyl (C=O) groups is 2. The van der Waals surface area contributed by atoms with Crippen molar-refractivity contribution in [3.05, 3.63) is 24.3 Å². The number of carboxylic acid groups (broad SMARTS) is 1. The molecule has 1 aromatic rings. The first kappa shape index (κ1) is 13.7. The normalized spacial score (nSPS) is 17.5. The van der Waals surface area contributed by atoms with Crippen molar-refractivity contribution < 1.29 is 19.4 Å². The molecule has 2 rings (SSSR count). The van der Waals surface area contributed by atoms with Crippen LogP contribution in [-0.2, 0) is 9.59 Å². The van der Waals surface area contributed by atoms with Crippen LogP contribution in [0.2, 0.25) is 0 Å². The number of anilines is 1. The van der Waals surface area contributed by atoms with Crippen molar-refractivity contribution in [3.8, 4) is 5.75 Å². The summed E-state index contributed by atoms with van der Waals surface area (Å²) in [6.45, 7) is 0.0551. The van der Waals surface area contributed by atoms with E-state index in [2.05, 4.69) is 0 Å². The number of ether oxygens (including phenoxy) is 1. The summed E-state index contributed by atoms with van der Waals surface area (Å²) in [5.41, 5.74) is 0.645. The van der Waals surface area contributed by atoms with E-state index in [9.17, 15) is 9.59 Å². The molecular weight excluding hydrogens is 266 g/mol. The van der Waals surface area contributed by atoms with Crippen LogP contribution in [0.3, 0.4) is 0 Å². The first-order valence-electron chi connectivity index (χ1n) is 5.91. The molecule has 0 aliphatic carbocycles. The highest BCUT2D eigenvalue weighted by atomic mass is 32.2. The number of amides is 1. The highest BCUT2D eigenvalue weighted by Gasteiger charge is 2.33. The van der Waals surface area contributed by atoms with Gasteiger partial charge in [0.1, 0.15) is 5.75 Å². The van der Waals surface area contributed by atoms with Gasteiger partial charge >= 0.3 is 5.97 Å². The Morgan fingerprint density at radius 2 is 2.21 bits per heavy atom. The molecule has 1 atom stereocenters. The summed E-state index contributed by atoms with van der Waals surface area (Å²) in [6.07, 6.45) is 1.32. The van der Waals surface area contributed by atoms with E-state index in [0.29, 0.717) is 17.9 Å². The van der Waals surface area contributed by atoms with E-state index in [0.717, 1.165) is 5.75 Å². The fraction of sp³-hybridized carbons (Fsp3) is 0.385. The van der Waals surface area contributed by atoms with Crippen LogP contribution >= 0.6 is 11.8 Å². The van der Waals surface area contributed by atoms with Crippen molar-refractivity contribution in [3.63, 3.8) is 0 Å². The van der Waals surface area contributed by atoms with Gasteiger partial charge < -0.3 is 14.7 Å². The number of aliphatic carboxylic acids is 1. The molecule has 19 heavy (non-hydrogen) atoms. The summed E-state index contributed by atoms with van der Waals surface area (Å²) in [5, 5.41) is 9.07. The van der Waals surface area contributed by atoms with Gasteiger partial charge in [-0.05, 0) is 18.4 Å². The average molecular weight is 281 g/mol. The molecule has 1 amide bonds. The number of para-hydroxylation sites is 2. The number of benzene rings is 1. The minimum Gasteiger partial charge on any atom is -0.478 e. The Bertz CT molecular complexity index is 491. The van der Waals surface area contributed by atoms with Crippen molar-refractivity contribution in [1.29, 1.82) is 0 Å². The van der Waals surface area contributed by atoms with E-state index in [4.69, 9.17) is 9.84 Å². The number of thioether (sulfide) groups is 1. The average Bonchev–Trinajstić information content (AvgIpc) is 2.43. The van der Waals surface area contributed by atoms with Gasteiger partial charge in [-0.3, -0.25) is 4.79 Å². The molecular formula is C13H15NO4S. The van der Waals surface area contributed by atoms with Gasteiger partial charge in [-0.15, -0.1) is 0 Å². The quantitative estimate of drug-likeness (QED) is 0.908. The first-order valence-corrected chi connectivity index (χ1v) is 7.30. The molecule has 6 heteroatoms. The fourth-order valence-electron chi connectivity index (χ4n) is 1.92. The molecule has 1 N–H and O–H groups in total. The van der Waals surface area contributed by atoms with Crippen LogP contribution in [0.1, 0.15) is 6.42 Å². The lowest BCUT2D eigenvalue weighted by molar-refractivity contribution is -0.145. The van der Waals surface area contributed by atoms with Crippen LogP contribution in [0.5, 0.6) is 5.75 Å². The van der Waals surface area contributed by atoms with Crippen molar-refractivity contribution in [2.75, 3.05) is 23.5 Å². The van der Waals surface area contributed by atoms with Crippen LogP contribution in [0.25, 0.3) is 0 Å². The highest BCUT2D eigenvalue weighted by molar-refractivity contribution is 7.98. The van der Waals surface area contributed by atoms with Crippen molar-refractivity contribution >= 4 is 29.3 Å². The molecule has 0 fully saturated rings. The predicted octanol–water partition coefficient (Wildman–Crippen LogP) is 1.62. The second kappa shape index (κ2) is 5.97. The maximum absolute atomic E-state index is 12.2. The van der Waals surface area contributed by atoms with Gasteiger partial charge in [-0.1, -0.05) is 12.1 Å². The molecule has 0 saturated heterocycles. The van der Waals surface area contributed by atoms with Gasteiger partial charge in [-0.25, -0.2) is 4.79 Å². The number of hydrogen-bond acceptors (Lipinski definition) is 4. The molecule has 1 heterocycles. The maximum atomic E-state index is 12.2. The van der Waals surface area contributed by atoms with Crippen LogP contribution in [0.15, 0.2) is 24.3 Å². The molecule has 102 valence electrons. The van der Waals surface area contributed by atoms with E-state index in [1.54, 1.807) is 36.0 Å². The Kier molecular flexibility index (Phi) is 4.31. The Hall–Kier alpha value is -1.69. The summed E-state index contributed by atoms with van der Waals surface area (Å²) < 4.78 is 5.38. The molecule has 0 bridgehead atoms. The van der Waals surface area contributed by atoms with E-state index in [1.165, 1.54) is 4.90 Å². The van der Waals surface area contributed by atoms with Crippen molar-refractivity contribution in [2.24, 2.45) is 0 Å². The van der Waals surface area contributed by atoms with Gasteiger partial charge in [0.25, 0.3) is 0 Å². The minimum atomic E-state index is -1.06. The lowest BCUT2D eigenvalue weighted by atomic mass is 10.1. The Labute approximate surface area is 115 Å². The first-order chi connectivity index (χ1) is 9.13.